The van der Waals surface area contributed by atoms with Gasteiger partial charge in [-0.15, -0.1) is 0 Å². The Bertz CT molecular complexity index is 405. The molecule has 0 aliphatic rings. The van der Waals surface area contributed by atoms with Crippen molar-refractivity contribution >= 4 is 5.82 Å². The van der Waals surface area contributed by atoms with Crippen molar-refractivity contribution in [1.29, 1.82) is 0 Å². The van der Waals surface area contributed by atoms with Crippen LogP contribution in [0.15, 0.2) is 12.1 Å². The van der Waals surface area contributed by atoms with Crippen molar-refractivity contribution in [1.82, 2.24) is 10.3 Å². The van der Waals surface area contributed by atoms with E-state index in [2.05, 4.69) is 70.8 Å². The Hall–Kier alpha value is -1.09. The lowest BCUT2D eigenvalue weighted by atomic mass is 10.1. The van der Waals surface area contributed by atoms with E-state index in [1.165, 1.54) is 5.56 Å². The number of rotatable bonds is 5. The highest BCUT2D eigenvalue weighted by atomic mass is 15.2. The van der Waals surface area contributed by atoms with Crippen LogP contribution in [0, 0.1) is 6.92 Å². The molecule has 0 saturated carbocycles. The summed E-state index contributed by atoms with van der Waals surface area (Å²) in [5, 5.41) is 3.51. The molecular formula is C16H29N3. The number of nitrogens with zero attached hydrogens (tertiary/aromatic N) is 2. The van der Waals surface area contributed by atoms with Gasteiger partial charge in [-0.1, -0.05) is 6.07 Å². The fraction of sp³-hybridized carbons (Fsp3) is 0.688. The molecule has 3 heteroatoms. The average molecular weight is 263 g/mol. The minimum Gasteiger partial charge on any atom is -0.354 e. The van der Waals surface area contributed by atoms with Gasteiger partial charge < -0.3 is 10.2 Å². The second-order valence-electron chi connectivity index (χ2n) is 6.40. The molecule has 3 nitrogen and oxygen atoms in total. The largest absolute Gasteiger partial charge is 0.354 e. The van der Waals surface area contributed by atoms with Crippen molar-refractivity contribution in [2.75, 3.05) is 11.4 Å². The molecule has 0 bridgehead atoms. The molecule has 0 unspecified atom stereocenters. The molecule has 0 spiro atoms. The lowest BCUT2D eigenvalue weighted by Crippen LogP contribution is -2.35. The fourth-order valence-electron chi connectivity index (χ4n) is 2.08. The Labute approximate surface area is 118 Å². The predicted octanol–water partition coefficient (Wildman–Crippen LogP) is 3.51. The standard InChI is InChI=1S/C16H29N3/c1-8-19(12(2)3)15-10-9-14(13(4)18-15)11-17-16(5,6)7/h9-10,12,17H,8,11H2,1-7H3. The first-order valence-corrected chi connectivity index (χ1v) is 7.22. The highest BCUT2D eigenvalue weighted by Gasteiger charge is 2.13. The summed E-state index contributed by atoms with van der Waals surface area (Å²) in [4.78, 5) is 7.07. The Kier molecular flexibility index (Phi) is 5.36. The molecule has 0 fully saturated rings. The third-order valence-electron chi connectivity index (χ3n) is 3.25. The molecule has 19 heavy (non-hydrogen) atoms. The SMILES string of the molecule is CCN(c1ccc(CNC(C)(C)C)c(C)n1)C(C)C. The number of hydrogen-bond donors (Lipinski definition) is 1. The molecule has 1 aromatic heterocycles. The van der Waals surface area contributed by atoms with Crippen molar-refractivity contribution in [3.05, 3.63) is 23.4 Å². The monoisotopic (exact) mass is 263 g/mol. The highest BCUT2D eigenvalue weighted by molar-refractivity contribution is 5.42. The summed E-state index contributed by atoms with van der Waals surface area (Å²) in [6.45, 7) is 17.1. The van der Waals surface area contributed by atoms with Gasteiger partial charge in [-0.05, 0) is 60.1 Å². The lowest BCUT2D eigenvalue weighted by Gasteiger charge is -2.27. The number of pyridine rings is 1. The predicted molar refractivity (Wildman–Crippen MR) is 83.7 cm³/mol. The summed E-state index contributed by atoms with van der Waals surface area (Å²) in [6, 6.07) is 4.81. The first-order valence-electron chi connectivity index (χ1n) is 7.22. The Morgan fingerprint density at radius 2 is 1.89 bits per heavy atom. The smallest absolute Gasteiger partial charge is 0.129 e. The molecule has 1 aromatic rings. The third-order valence-corrected chi connectivity index (χ3v) is 3.25. The van der Waals surface area contributed by atoms with E-state index in [0.29, 0.717) is 6.04 Å². The molecule has 0 aliphatic heterocycles. The molecule has 1 rings (SSSR count). The van der Waals surface area contributed by atoms with Gasteiger partial charge in [-0.2, -0.15) is 0 Å². The van der Waals surface area contributed by atoms with Crippen LogP contribution in [0.2, 0.25) is 0 Å². The van der Waals surface area contributed by atoms with Crippen molar-refractivity contribution in [3.63, 3.8) is 0 Å². The summed E-state index contributed by atoms with van der Waals surface area (Å²) in [5.41, 5.74) is 2.53. The minimum absolute atomic E-state index is 0.137. The second-order valence-corrected chi connectivity index (χ2v) is 6.40. The summed E-state index contributed by atoms with van der Waals surface area (Å²) >= 11 is 0. The van der Waals surface area contributed by atoms with E-state index in [1.807, 2.05) is 0 Å². The maximum atomic E-state index is 4.75. The summed E-state index contributed by atoms with van der Waals surface area (Å²) in [7, 11) is 0. The van der Waals surface area contributed by atoms with Gasteiger partial charge in [0.15, 0.2) is 0 Å². The number of aromatic nitrogens is 1. The van der Waals surface area contributed by atoms with Crippen LogP contribution >= 0.6 is 0 Å². The van der Waals surface area contributed by atoms with Crippen LogP contribution in [0.1, 0.15) is 52.8 Å². The first-order chi connectivity index (χ1) is 8.74. The van der Waals surface area contributed by atoms with Gasteiger partial charge in [0, 0.05) is 30.4 Å². The topological polar surface area (TPSA) is 28.2 Å². The van der Waals surface area contributed by atoms with Crippen molar-refractivity contribution in [2.45, 2.75) is 66.6 Å². The van der Waals surface area contributed by atoms with E-state index in [1.54, 1.807) is 0 Å². The van der Waals surface area contributed by atoms with Crippen LogP contribution in [0.5, 0.6) is 0 Å². The zero-order valence-electron chi connectivity index (χ0n) is 13.5. The van der Waals surface area contributed by atoms with E-state index in [0.717, 1.165) is 24.6 Å². The molecule has 0 radical (unpaired) electrons. The number of aryl methyl sites for hydroxylation is 1. The first kappa shape index (κ1) is 16.0. The van der Waals surface area contributed by atoms with Gasteiger partial charge in [0.2, 0.25) is 0 Å². The maximum absolute atomic E-state index is 4.75. The maximum Gasteiger partial charge on any atom is 0.129 e. The Morgan fingerprint density at radius 3 is 2.32 bits per heavy atom. The normalized spacial score (nSPS) is 12.0. The van der Waals surface area contributed by atoms with E-state index in [4.69, 9.17) is 4.98 Å². The van der Waals surface area contributed by atoms with Crippen molar-refractivity contribution in [2.24, 2.45) is 0 Å². The van der Waals surface area contributed by atoms with Crippen LogP contribution in [-0.4, -0.2) is 23.1 Å². The molecule has 1 N–H and O–H groups in total. The molecule has 0 aliphatic carbocycles. The van der Waals surface area contributed by atoms with Gasteiger partial charge in [0.1, 0.15) is 5.82 Å². The van der Waals surface area contributed by atoms with E-state index >= 15 is 0 Å². The summed E-state index contributed by atoms with van der Waals surface area (Å²) in [5.74, 6) is 1.08. The Balaban J connectivity index is 2.85. The van der Waals surface area contributed by atoms with Crippen LogP contribution in [0.25, 0.3) is 0 Å². The van der Waals surface area contributed by atoms with Gasteiger partial charge >= 0.3 is 0 Å². The third kappa shape index (κ3) is 4.83. The zero-order valence-corrected chi connectivity index (χ0v) is 13.5. The molecule has 1 heterocycles. The number of nitrogens with one attached hydrogen (secondary N) is 1. The lowest BCUT2D eigenvalue weighted by molar-refractivity contribution is 0.423. The van der Waals surface area contributed by atoms with E-state index in [-0.39, 0.29) is 5.54 Å². The number of hydrogen-bond acceptors (Lipinski definition) is 3. The fourth-order valence-corrected chi connectivity index (χ4v) is 2.08. The van der Waals surface area contributed by atoms with Crippen LogP contribution < -0.4 is 10.2 Å². The second kappa shape index (κ2) is 6.38. The van der Waals surface area contributed by atoms with Crippen molar-refractivity contribution < 1.29 is 0 Å². The van der Waals surface area contributed by atoms with E-state index < -0.39 is 0 Å². The molecule has 0 aromatic carbocycles. The number of anilines is 1. The Morgan fingerprint density at radius 1 is 1.26 bits per heavy atom. The zero-order chi connectivity index (χ0) is 14.6. The van der Waals surface area contributed by atoms with Gasteiger partial charge in [-0.25, -0.2) is 4.98 Å². The summed E-state index contributed by atoms with van der Waals surface area (Å²) in [6.07, 6.45) is 0. The highest BCUT2D eigenvalue weighted by Crippen LogP contribution is 2.17. The van der Waals surface area contributed by atoms with Crippen LogP contribution in [0.3, 0.4) is 0 Å². The van der Waals surface area contributed by atoms with Gasteiger partial charge in [0.25, 0.3) is 0 Å². The van der Waals surface area contributed by atoms with Crippen molar-refractivity contribution in [3.8, 4) is 0 Å². The average Bonchev–Trinajstić information content (AvgIpc) is 2.27. The molecule has 0 amide bonds. The van der Waals surface area contributed by atoms with Crippen LogP contribution in [-0.2, 0) is 6.54 Å². The molecule has 0 saturated heterocycles. The van der Waals surface area contributed by atoms with Gasteiger partial charge in [-0.3, -0.25) is 0 Å². The molecular weight excluding hydrogens is 234 g/mol. The molecule has 0 atom stereocenters. The summed E-state index contributed by atoms with van der Waals surface area (Å²) < 4.78 is 0. The molecule has 108 valence electrons. The van der Waals surface area contributed by atoms with E-state index in [9.17, 15) is 0 Å². The van der Waals surface area contributed by atoms with Crippen LogP contribution in [0.4, 0.5) is 5.82 Å². The minimum atomic E-state index is 0.137. The van der Waals surface area contributed by atoms with Gasteiger partial charge in [0.05, 0.1) is 0 Å². The quantitative estimate of drug-likeness (QED) is 0.881.